The van der Waals surface area contributed by atoms with Crippen molar-refractivity contribution < 1.29 is 4.79 Å². The molecule has 11 heavy (non-hydrogen) atoms. The molecule has 0 aromatic rings. The van der Waals surface area contributed by atoms with Gasteiger partial charge in [0.15, 0.2) is 6.19 Å². The van der Waals surface area contributed by atoms with E-state index in [9.17, 15) is 4.79 Å². The molecule has 4 nitrogen and oxygen atoms in total. The summed E-state index contributed by atoms with van der Waals surface area (Å²) in [5, 5.41) is 10.1. The van der Waals surface area contributed by atoms with Crippen molar-refractivity contribution in [2.24, 2.45) is 11.7 Å². The number of hydrogen-bond donors (Lipinski definition) is 2. The summed E-state index contributed by atoms with van der Waals surface area (Å²) in [5.41, 5.74) is 5.34. The number of nitriles is 1. The first kappa shape index (κ1) is 9.92. The second kappa shape index (κ2) is 5.69. The van der Waals surface area contributed by atoms with Gasteiger partial charge in [-0.2, -0.15) is 5.26 Å². The van der Waals surface area contributed by atoms with Crippen molar-refractivity contribution in [3.63, 3.8) is 0 Å². The predicted octanol–water partition coefficient (Wildman–Crippen LogP) is -0.0413. The molecule has 1 amide bonds. The van der Waals surface area contributed by atoms with Crippen LogP contribution in [0.4, 0.5) is 0 Å². The van der Waals surface area contributed by atoms with Crippen LogP contribution in [-0.2, 0) is 4.79 Å². The van der Waals surface area contributed by atoms with E-state index in [-0.39, 0.29) is 5.91 Å². The molecule has 1 unspecified atom stereocenters. The van der Waals surface area contributed by atoms with Crippen molar-refractivity contribution in [3.05, 3.63) is 0 Å². The first-order chi connectivity index (χ1) is 5.20. The average Bonchev–Trinajstić information content (AvgIpc) is 2.01. The van der Waals surface area contributed by atoms with E-state index < -0.39 is 0 Å². The summed E-state index contributed by atoms with van der Waals surface area (Å²) >= 11 is 0. The quantitative estimate of drug-likeness (QED) is 0.441. The van der Waals surface area contributed by atoms with Gasteiger partial charge in [-0.1, -0.05) is 6.92 Å². The molecule has 62 valence electrons. The zero-order valence-corrected chi connectivity index (χ0v) is 6.63. The Morgan fingerprint density at radius 3 is 2.91 bits per heavy atom. The van der Waals surface area contributed by atoms with E-state index in [1.807, 2.05) is 6.92 Å². The molecule has 0 rings (SSSR count). The number of nitrogens with two attached hydrogens (primary N) is 1. The van der Waals surface area contributed by atoms with Crippen LogP contribution in [0, 0.1) is 17.4 Å². The van der Waals surface area contributed by atoms with Crippen LogP contribution in [0.25, 0.3) is 0 Å². The number of nitrogens with one attached hydrogen (secondary N) is 1. The topological polar surface area (TPSA) is 78.9 Å². The summed E-state index contributed by atoms with van der Waals surface area (Å²) in [5.74, 6) is 0.118. The molecule has 0 saturated carbocycles. The average molecular weight is 155 g/mol. The lowest BCUT2D eigenvalue weighted by Crippen LogP contribution is -2.19. The number of carbonyl (C=O) groups excluding carboxylic acids is 1. The fraction of sp³-hybridized carbons (Fsp3) is 0.714. The Balaban J connectivity index is 3.39. The molecule has 0 aliphatic rings. The van der Waals surface area contributed by atoms with Crippen molar-refractivity contribution in [3.8, 4) is 6.19 Å². The van der Waals surface area contributed by atoms with E-state index in [1.165, 1.54) is 0 Å². The molecule has 0 spiro atoms. The minimum absolute atomic E-state index is 0.229. The van der Waals surface area contributed by atoms with Crippen LogP contribution in [0.5, 0.6) is 0 Å². The highest BCUT2D eigenvalue weighted by molar-refractivity contribution is 5.77. The van der Waals surface area contributed by atoms with Gasteiger partial charge in [-0.05, 0) is 18.9 Å². The highest BCUT2D eigenvalue weighted by Gasteiger charge is 2.03. The van der Waals surface area contributed by atoms with E-state index in [0.717, 1.165) is 6.42 Å². The molecule has 0 bridgehead atoms. The minimum Gasteiger partial charge on any atom is -0.330 e. The van der Waals surface area contributed by atoms with Crippen LogP contribution in [0.15, 0.2) is 0 Å². The molecule has 4 heteroatoms. The van der Waals surface area contributed by atoms with Crippen LogP contribution in [0.1, 0.15) is 19.8 Å². The lowest BCUT2D eigenvalue weighted by molar-refractivity contribution is -0.120. The maximum Gasteiger partial charge on any atom is 0.232 e. The van der Waals surface area contributed by atoms with Gasteiger partial charge in [0.1, 0.15) is 0 Å². The molecule has 0 aromatic carbocycles. The fourth-order valence-electron chi connectivity index (χ4n) is 0.620. The van der Waals surface area contributed by atoms with E-state index in [0.29, 0.717) is 18.9 Å². The largest absolute Gasteiger partial charge is 0.330 e. The van der Waals surface area contributed by atoms with Crippen molar-refractivity contribution in [1.29, 1.82) is 5.26 Å². The van der Waals surface area contributed by atoms with Gasteiger partial charge in [0, 0.05) is 6.42 Å². The van der Waals surface area contributed by atoms with Gasteiger partial charge in [-0.3, -0.25) is 10.1 Å². The summed E-state index contributed by atoms with van der Waals surface area (Å²) in [6.07, 6.45) is 2.70. The van der Waals surface area contributed by atoms with E-state index >= 15 is 0 Å². The summed E-state index contributed by atoms with van der Waals surface area (Å²) in [7, 11) is 0. The normalized spacial score (nSPS) is 11.7. The van der Waals surface area contributed by atoms with Crippen LogP contribution in [-0.4, -0.2) is 12.5 Å². The zero-order valence-electron chi connectivity index (χ0n) is 6.63. The van der Waals surface area contributed by atoms with Crippen molar-refractivity contribution in [2.75, 3.05) is 6.54 Å². The molecular weight excluding hydrogens is 142 g/mol. The summed E-state index contributed by atoms with van der Waals surface area (Å²) < 4.78 is 0. The molecule has 0 aliphatic carbocycles. The van der Waals surface area contributed by atoms with Crippen LogP contribution in [0.2, 0.25) is 0 Å². The highest BCUT2D eigenvalue weighted by Crippen LogP contribution is 2.01. The lowest BCUT2D eigenvalue weighted by atomic mass is 10.1. The number of amides is 1. The lowest BCUT2D eigenvalue weighted by Gasteiger charge is -2.05. The number of hydrogen-bond acceptors (Lipinski definition) is 3. The summed E-state index contributed by atoms with van der Waals surface area (Å²) in [4.78, 5) is 10.7. The number of carbonyl (C=O) groups is 1. The fourth-order valence-corrected chi connectivity index (χ4v) is 0.620. The number of rotatable bonds is 4. The van der Waals surface area contributed by atoms with Gasteiger partial charge >= 0.3 is 0 Å². The third-order valence-corrected chi connectivity index (χ3v) is 1.46. The molecule has 3 N–H and O–H groups in total. The minimum atomic E-state index is -0.229. The smallest absolute Gasteiger partial charge is 0.232 e. The zero-order chi connectivity index (χ0) is 8.69. The van der Waals surface area contributed by atoms with Crippen LogP contribution >= 0.6 is 0 Å². The maximum atomic E-state index is 10.7. The molecule has 0 saturated heterocycles. The van der Waals surface area contributed by atoms with Gasteiger partial charge in [0.25, 0.3) is 0 Å². The molecular formula is C7H13N3O. The SMILES string of the molecule is CC(CN)CCC(=O)NC#N. The second-order valence-corrected chi connectivity index (χ2v) is 2.54. The molecule has 0 aliphatic heterocycles. The highest BCUT2D eigenvalue weighted by atomic mass is 16.1. The third-order valence-electron chi connectivity index (χ3n) is 1.46. The van der Waals surface area contributed by atoms with Crippen LogP contribution < -0.4 is 11.1 Å². The predicted molar refractivity (Wildman–Crippen MR) is 41.2 cm³/mol. The van der Waals surface area contributed by atoms with Gasteiger partial charge in [0.05, 0.1) is 0 Å². The molecule has 0 fully saturated rings. The summed E-state index contributed by atoms with van der Waals surface area (Å²) in [6, 6.07) is 0. The Hall–Kier alpha value is -1.08. The Morgan fingerprint density at radius 1 is 1.82 bits per heavy atom. The van der Waals surface area contributed by atoms with Crippen molar-refractivity contribution in [2.45, 2.75) is 19.8 Å². The van der Waals surface area contributed by atoms with Gasteiger partial charge in [-0.25, -0.2) is 0 Å². The maximum absolute atomic E-state index is 10.7. The van der Waals surface area contributed by atoms with E-state index in [4.69, 9.17) is 11.0 Å². The van der Waals surface area contributed by atoms with Crippen molar-refractivity contribution >= 4 is 5.91 Å². The summed E-state index contributed by atoms with van der Waals surface area (Å²) in [6.45, 7) is 2.56. The monoisotopic (exact) mass is 155 g/mol. The Bertz CT molecular complexity index is 162. The number of nitrogens with zero attached hydrogens (tertiary/aromatic N) is 1. The molecule has 0 radical (unpaired) electrons. The van der Waals surface area contributed by atoms with Gasteiger partial charge in [0.2, 0.25) is 5.91 Å². The first-order valence-corrected chi connectivity index (χ1v) is 3.58. The molecule has 0 heterocycles. The second-order valence-electron chi connectivity index (χ2n) is 2.54. The van der Waals surface area contributed by atoms with Crippen LogP contribution in [0.3, 0.4) is 0 Å². The van der Waals surface area contributed by atoms with Gasteiger partial charge in [-0.15, -0.1) is 0 Å². The van der Waals surface area contributed by atoms with Gasteiger partial charge < -0.3 is 5.73 Å². The van der Waals surface area contributed by atoms with E-state index in [2.05, 4.69) is 5.32 Å². The third kappa shape index (κ3) is 5.37. The Labute approximate surface area is 66.4 Å². The first-order valence-electron chi connectivity index (χ1n) is 3.58. The van der Waals surface area contributed by atoms with Crippen molar-refractivity contribution in [1.82, 2.24) is 5.32 Å². The molecule has 0 aromatic heterocycles. The molecule has 1 atom stereocenters. The Kier molecular flexibility index (Phi) is 5.13. The standard InChI is InChI=1S/C7H13N3O/c1-6(4-8)2-3-7(11)10-5-9/h6H,2-4,8H2,1H3,(H,10,11). The Morgan fingerprint density at radius 2 is 2.45 bits per heavy atom. The van der Waals surface area contributed by atoms with E-state index in [1.54, 1.807) is 6.19 Å².